The van der Waals surface area contributed by atoms with Crippen molar-refractivity contribution in [1.82, 2.24) is 0 Å². The number of anilines is 1. The number of halogens is 2. The number of ketones is 1. The van der Waals surface area contributed by atoms with E-state index in [-0.39, 0.29) is 27.8 Å². The summed E-state index contributed by atoms with van der Waals surface area (Å²) in [6.07, 6.45) is 0.966. The van der Waals surface area contributed by atoms with Crippen molar-refractivity contribution >= 4 is 46.5 Å². The molecule has 1 aliphatic rings. The van der Waals surface area contributed by atoms with Crippen molar-refractivity contribution in [3.63, 3.8) is 0 Å². The highest BCUT2D eigenvalue weighted by atomic mass is 35.5. The van der Waals surface area contributed by atoms with E-state index in [1.54, 1.807) is 6.92 Å². The molecule has 0 saturated carbocycles. The fraction of sp³-hybridized carbons (Fsp3) is 0.154. The first-order valence-electron chi connectivity index (χ1n) is 5.57. The standard InChI is InChI=1S/C13H9Cl2NO4/c1-6(4-9(17)18)5-16-11-8(15)3-2-7(14)10(11)12(19)13(16)20/h2-4H,5H2,1H3,(H,17,18)/b6-4-. The average molecular weight is 314 g/mol. The van der Waals surface area contributed by atoms with E-state index in [4.69, 9.17) is 28.3 Å². The van der Waals surface area contributed by atoms with E-state index < -0.39 is 17.7 Å². The highest BCUT2D eigenvalue weighted by Gasteiger charge is 2.39. The van der Waals surface area contributed by atoms with Crippen molar-refractivity contribution in [3.05, 3.63) is 39.4 Å². The molecule has 1 amide bonds. The third-order valence-corrected chi connectivity index (χ3v) is 3.41. The molecule has 104 valence electrons. The van der Waals surface area contributed by atoms with Crippen LogP contribution in [0.3, 0.4) is 0 Å². The number of Topliss-reactive ketones (excluding diaryl/α,β-unsaturated/α-hetero) is 1. The molecule has 0 unspecified atom stereocenters. The van der Waals surface area contributed by atoms with Gasteiger partial charge < -0.3 is 5.11 Å². The number of fused-ring (bicyclic) bond motifs is 1. The first-order chi connectivity index (χ1) is 9.32. The predicted molar refractivity (Wildman–Crippen MR) is 74.5 cm³/mol. The molecular formula is C13H9Cl2NO4. The number of amides is 1. The van der Waals surface area contributed by atoms with Gasteiger partial charge in [0.05, 0.1) is 21.3 Å². The van der Waals surface area contributed by atoms with Gasteiger partial charge in [0.15, 0.2) is 0 Å². The lowest BCUT2D eigenvalue weighted by molar-refractivity contribution is -0.131. The summed E-state index contributed by atoms with van der Waals surface area (Å²) in [5, 5.41) is 9.03. The van der Waals surface area contributed by atoms with Gasteiger partial charge in [-0.05, 0) is 24.6 Å². The Hall–Kier alpha value is -1.85. The number of hydrogen-bond acceptors (Lipinski definition) is 3. The number of nitrogens with zero attached hydrogens (tertiary/aromatic N) is 1. The summed E-state index contributed by atoms with van der Waals surface area (Å²) in [5.41, 5.74) is 0.696. The van der Waals surface area contributed by atoms with Crippen molar-refractivity contribution in [1.29, 1.82) is 0 Å². The fourth-order valence-corrected chi connectivity index (χ4v) is 2.51. The Morgan fingerprint density at radius 2 is 1.90 bits per heavy atom. The maximum atomic E-state index is 12.0. The van der Waals surface area contributed by atoms with Crippen LogP contribution in [0.25, 0.3) is 0 Å². The van der Waals surface area contributed by atoms with E-state index in [1.807, 2.05) is 0 Å². The van der Waals surface area contributed by atoms with E-state index in [0.29, 0.717) is 5.57 Å². The molecule has 1 N–H and O–H groups in total. The first-order valence-corrected chi connectivity index (χ1v) is 6.32. The molecule has 5 nitrogen and oxygen atoms in total. The summed E-state index contributed by atoms with van der Waals surface area (Å²) >= 11 is 11.9. The molecule has 0 aliphatic carbocycles. The van der Waals surface area contributed by atoms with E-state index in [1.165, 1.54) is 12.1 Å². The highest BCUT2D eigenvalue weighted by Crippen LogP contribution is 2.40. The van der Waals surface area contributed by atoms with Gasteiger partial charge in [0.2, 0.25) is 0 Å². The predicted octanol–water partition coefficient (Wildman–Crippen LogP) is 2.55. The van der Waals surface area contributed by atoms with Crippen molar-refractivity contribution in [3.8, 4) is 0 Å². The maximum Gasteiger partial charge on any atom is 0.328 e. The number of rotatable bonds is 3. The Bertz CT molecular complexity index is 667. The molecule has 0 spiro atoms. The van der Waals surface area contributed by atoms with E-state index in [2.05, 4.69) is 0 Å². The minimum atomic E-state index is -1.13. The Labute approximate surface area is 124 Å². The monoisotopic (exact) mass is 313 g/mol. The van der Waals surface area contributed by atoms with Gasteiger partial charge in [-0.2, -0.15) is 0 Å². The Kier molecular flexibility index (Phi) is 3.83. The van der Waals surface area contributed by atoms with Crippen LogP contribution in [0.4, 0.5) is 5.69 Å². The van der Waals surface area contributed by atoms with Crippen LogP contribution < -0.4 is 4.90 Å². The minimum absolute atomic E-state index is 0.0378. The summed E-state index contributed by atoms with van der Waals surface area (Å²) in [7, 11) is 0. The van der Waals surface area contributed by atoms with Crippen LogP contribution in [0.2, 0.25) is 10.0 Å². The second-order valence-electron chi connectivity index (χ2n) is 4.30. The molecular weight excluding hydrogens is 305 g/mol. The third kappa shape index (κ3) is 2.42. The van der Waals surface area contributed by atoms with Crippen LogP contribution in [0.1, 0.15) is 17.3 Å². The van der Waals surface area contributed by atoms with Gasteiger partial charge in [-0.3, -0.25) is 14.5 Å². The lowest BCUT2D eigenvalue weighted by Gasteiger charge is -2.17. The number of carboxylic acids is 1. The summed E-state index contributed by atoms with van der Waals surface area (Å²) in [4.78, 5) is 35.6. The lowest BCUT2D eigenvalue weighted by Crippen LogP contribution is -2.31. The van der Waals surface area contributed by atoms with Crippen molar-refractivity contribution in [2.24, 2.45) is 0 Å². The second kappa shape index (κ2) is 5.26. The number of carbonyl (C=O) groups is 3. The van der Waals surface area contributed by atoms with Crippen LogP contribution in [0, 0.1) is 0 Å². The normalized spacial score (nSPS) is 14.8. The van der Waals surface area contributed by atoms with Crippen LogP contribution in [0.15, 0.2) is 23.8 Å². The van der Waals surface area contributed by atoms with E-state index >= 15 is 0 Å². The zero-order valence-electron chi connectivity index (χ0n) is 10.3. The maximum absolute atomic E-state index is 12.0. The molecule has 1 aliphatic heterocycles. The van der Waals surface area contributed by atoms with Crippen molar-refractivity contribution in [2.45, 2.75) is 6.92 Å². The molecule has 0 fully saturated rings. The molecule has 1 heterocycles. The summed E-state index contributed by atoms with van der Waals surface area (Å²) in [6.45, 7) is 1.51. The number of aliphatic carboxylic acids is 1. The van der Waals surface area contributed by atoms with E-state index in [0.717, 1.165) is 11.0 Å². The van der Waals surface area contributed by atoms with Crippen LogP contribution in [-0.2, 0) is 9.59 Å². The van der Waals surface area contributed by atoms with Gasteiger partial charge in [-0.15, -0.1) is 0 Å². The molecule has 1 aromatic rings. The van der Waals surface area contributed by atoms with Gasteiger partial charge in [-0.1, -0.05) is 23.2 Å². The van der Waals surface area contributed by atoms with Crippen LogP contribution in [-0.4, -0.2) is 29.3 Å². The molecule has 7 heteroatoms. The fourth-order valence-electron chi connectivity index (χ4n) is 2.01. The number of carboxylic acid groups (broad SMARTS) is 1. The topological polar surface area (TPSA) is 74.7 Å². The Morgan fingerprint density at radius 1 is 1.30 bits per heavy atom. The molecule has 2 rings (SSSR count). The van der Waals surface area contributed by atoms with Crippen molar-refractivity contribution < 1.29 is 19.5 Å². The average Bonchev–Trinajstić information content (AvgIpc) is 2.59. The summed E-state index contributed by atoms with van der Waals surface area (Å²) in [5.74, 6) is -2.64. The Morgan fingerprint density at radius 3 is 2.50 bits per heavy atom. The molecule has 0 saturated heterocycles. The molecule has 0 radical (unpaired) electrons. The summed E-state index contributed by atoms with van der Waals surface area (Å²) in [6, 6.07) is 2.93. The molecule has 20 heavy (non-hydrogen) atoms. The second-order valence-corrected chi connectivity index (χ2v) is 5.12. The zero-order chi connectivity index (χ0) is 15.0. The SMILES string of the molecule is C/C(=C/C(=O)O)CN1C(=O)C(=O)c2c(Cl)ccc(Cl)c21. The Balaban J connectivity index is 2.49. The van der Waals surface area contributed by atoms with Gasteiger partial charge in [0, 0.05) is 12.6 Å². The quantitative estimate of drug-likeness (QED) is 0.687. The smallest absolute Gasteiger partial charge is 0.328 e. The van der Waals surface area contributed by atoms with Crippen LogP contribution >= 0.6 is 23.2 Å². The van der Waals surface area contributed by atoms with E-state index in [9.17, 15) is 14.4 Å². The molecule has 0 atom stereocenters. The number of carbonyl (C=O) groups excluding carboxylic acids is 2. The lowest BCUT2D eigenvalue weighted by atomic mass is 10.1. The van der Waals surface area contributed by atoms with Crippen molar-refractivity contribution in [2.75, 3.05) is 11.4 Å². The summed E-state index contributed by atoms with van der Waals surface area (Å²) < 4.78 is 0. The first kappa shape index (κ1) is 14.6. The third-order valence-electron chi connectivity index (χ3n) is 2.79. The molecule has 0 bridgehead atoms. The minimum Gasteiger partial charge on any atom is -0.478 e. The number of benzene rings is 1. The van der Waals surface area contributed by atoms with Crippen LogP contribution in [0.5, 0.6) is 0 Å². The highest BCUT2D eigenvalue weighted by molar-refractivity contribution is 6.57. The number of hydrogen-bond donors (Lipinski definition) is 1. The van der Waals surface area contributed by atoms with Gasteiger partial charge in [-0.25, -0.2) is 4.79 Å². The molecule has 0 aromatic heterocycles. The largest absolute Gasteiger partial charge is 0.478 e. The molecule has 1 aromatic carbocycles. The van der Waals surface area contributed by atoms with Gasteiger partial charge in [0.1, 0.15) is 0 Å². The zero-order valence-corrected chi connectivity index (χ0v) is 11.8. The van der Waals surface area contributed by atoms with Gasteiger partial charge >= 0.3 is 5.97 Å². The van der Waals surface area contributed by atoms with Gasteiger partial charge in [0.25, 0.3) is 11.7 Å².